The highest BCUT2D eigenvalue weighted by Crippen LogP contribution is 2.39. The van der Waals surface area contributed by atoms with Crippen LogP contribution in [-0.2, 0) is 11.2 Å². The van der Waals surface area contributed by atoms with Crippen molar-refractivity contribution in [3.63, 3.8) is 0 Å². The van der Waals surface area contributed by atoms with Crippen LogP contribution in [0.25, 0.3) is 0 Å². The Morgan fingerprint density at radius 3 is 2.48 bits per heavy atom. The van der Waals surface area contributed by atoms with Crippen LogP contribution in [0.1, 0.15) is 39.2 Å². The first-order valence-corrected chi connectivity index (χ1v) is 8.82. The molecule has 0 aliphatic carbocycles. The van der Waals surface area contributed by atoms with Gasteiger partial charge in [-0.1, -0.05) is 30.3 Å². The molecule has 140 valence electrons. The zero-order valence-corrected chi connectivity index (χ0v) is 15.4. The molecule has 6 nitrogen and oxygen atoms in total. The Kier molecular flexibility index (Phi) is 5.89. The maximum absolute atomic E-state index is 12.4. The number of nitrogens with two attached hydrogens (primary N) is 2. The lowest BCUT2D eigenvalue weighted by atomic mass is 9.81. The van der Waals surface area contributed by atoms with Gasteiger partial charge in [-0.15, -0.1) is 0 Å². The van der Waals surface area contributed by atoms with Crippen LogP contribution < -0.4 is 11.5 Å². The molecule has 0 bridgehead atoms. The van der Waals surface area contributed by atoms with Crippen molar-refractivity contribution in [2.75, 3.05) is 6.54 Å². The molecule has 6 heteroatoms. The van der Waals surface area contributed by atoms with Crippen molar-refractivity contribution in [1.82, 2.24) is 4.90 Å². The maximum atomic E-state index is 12.4. The predicted molar refractivity (Wildman–Crippen MR) is 97.8 cm³/mol. The van der Waals surface area contributed by atoms with E-state index in [0.29, 0.717) is 19.4 Å². The predicted octanol–water partition coefficient (Wildman–Crippen LogP) is 0.397. The van der Waals surface area contributed by atoms with Crippen LogP contribution >= 0.6 is 0 Å². The average Bonchev–Trinajstić information content (AvgIpc) is 2.86. The van der Waals surface area contributed by atoms with E-state index in [1.807, 2.05) is 56.0 Å². The monoisotopic (exact) mass is 349 g/mol. The van der Waals surface area contributed by atoms with Gasteiger partial charge in [-0.05, 0) is 39.2 Å². The zero-order valence-electron chi connectivity index (χ0n) is 15.4. The highest BCUT2D eigenvalue weighted by Gasteiger charge is 2.57. The van der Waals surface area contributed by atoms with Crippen molar-refractivity contribution in [3.05, 3.63) is 35.9 Å². The fourth-order valence-electron chi connectivity index (χ4n) is 3.94. The van der Waals surface area contributed by atoms with Crippen LogP contribution in [0, 0.1) is 0 Å². The zero-order chi connectivity index (χ0) is 18.8. The topological polar surface area (TPSA) is 113 Å². The Bertz CT molecular complexity index is 587. The number of nitrogens with zero attached hydrogens (tertiary/aromatic N) is 1. The molecular formula is C19H31N3O3. The number of amides is 1. The van der Waals surface area contributed by atoms with Crippen molar-refractivity contribution < 1.29 is 15.0 Å². The second-order valence-corrected chi connectivity index (χ2v) is 8.04. The molecule has 0 spiro atoms. The van der Waals surface area contributed by atoms with Gasteiger partial charge in [0.2, 0.25) is 5.91 Å². The highest BCUT2D eigenvalue weighted by atomic mass is 16.3. The SMILES string of the molecule is CC(C)(C)N1CCC(O)[C@@]1(C[C@@H](O)[C@@H](N)Cc1ccccc1)C(N)=O. The van der Waals surface area contributed by atoms with Crippen molar-refractivity contribution >= 4 is 5.91 Å². The van der Waals surface area contributed by atoms with E-state index in [1.165, 1.54) is 0 Å². The molecule has 6 N–H and O–H groups in total. The summed E-state index contributed by atoms with van der Waals surface area (Å²) in [5.74, 6) is -0.613. The largest absolute Gasteiger partial charge is 0.391 e. The van der Waals surface area contributed by atoms with E-state index < -0.39 is 29.7 Å². The Hall–Kier alpha value is -1.47. The maximum Gasteiger partial charge on any atom is 0.240 e. The van der Waals surface area contributed by atoms with Gasteiger partial charge in [0.25, 0.3) is 0 Å². The molecule has 1 aliphatic rings. The molecule has 4 atom stereocenters. The second kappa shape index (κ2) is 7.41. The van der Waals surface area contributed by atoms with Gasteiger partial charge >= 0.3 is 0 Å². The Balaban J connectivity index is 2.21. The van der Waals surface area contributed by atoms with Gasteiger partial charge in [0.05, 0.1) is 12.2 Å². The summed E-state index contributed by atoms with van der Waals surface area (Å²) in [5, 5.41) is 21.3. The Labute approximate surface area is 149 Å². The standard InChI is InChI=1S/C19H31N3O3/c1-18(2,3)22-10-9-16(24)19(22,17(21)25)12-15(23)14(20)11-13-7-5-4-6-8-13/h4-8,14-16,23-24H,9-12,20H2,1-3H3,(H2,21,25)/t14-,15+,16?,19-/m0/s1. The van der Waals surface area contributed by atoms with Gasteiger partial charge in [0.15, 0.2) is 0 Å². The Morgan fingerprint density at radius 2 is 1.96 bits per heavy atom. The van der Waals surface area contributed by atoms with E-state index in [2.05, 4.69) is 0 Å². The summed E-state index contributed by atoms with van der Waals surface area (Å²) in [6, 6.07) is 9.10. The number of hydrogen-bond acceptors (Lipinski definition) is 5. The van der Waals surface area contributed by atoms with Gasteiger partial charge in [0, 0.05) is 24.5 Å². The first-order chi connectivity index (χ1) is 11.6. The minimum Gasteiger partial charge on any atom is -0.391 e. The van der Waals surface area contributed by atoms with Crippen LogP contribution in [-0.4, -0.2) is 56.9 Å². The molecule has 1 unspecified atom stereocenters. The molecule has 1 amide bonds. The molecule has 25 heavy (non-hydrogen) atoms. The number of likely N-dealkylation sites (tertiary alicyclic amines) is 1. The third-order valence-electron chi connectivity index (χ3n) is 5.22. The molecule has 1 saturated heterocycles. The van der Waals surface area contributed by atoms with Crippen molar-refractivity contribution in [2.24, 2.45) is 11.5 Å². The smallest absolute Gasteiger partial charge is 0.240 e. The van der Waals surface area contributed by atoms with E-state index in [4.69, 9.17) is 11.5 Å². The molecule has 1 aliphatic heterocycles. The van der Waals surface area contributed by atoms with E-state index >= 15 is 0 Å². The quantitative estimate of drug-likeness (QED) is 0.594. The molecule has 1 aromatic rings. The van der Waals surface area contributed by atoms with E-state index in [9.17, 15) is 15.0 Å². The number of primary amides is 1. The van der Waals surface area contributed by atoms with E-state index in [-0.39, 0.29) is 12.0 Å². The summed E-state index contributed by atoms with van der Waals surface area (Å²) in [7, 11) is 0. The lowest BCUT2D eigenvalue weighted by Gasteiger charge is -2.46. The lowest BCUT2D eigenvalue weighted by molar-refractivity contribution is -0.141. The fourth-order valence-corrected chi connectivity index (χ4v) is 3.94. The first-order valence-electron chi connectivity index (χ1n) is 8.82. The molecule has 0 aromatic heterocycles. The third kappa shape index (κ3) is 4.03. The van der Waals surface area contributed by atoms with E-state index in [1.54, 1.807) is 0 Å². The minimum absolute atomic E-state index is 0.0226. The molecule has 0 saturated carbocycles. The number of carbonyl (C=O) groups is 1. The van der Waals surface area contributed by atoms with Gasteiger partial charge in [-0.3, -0.25) is 9.69 Å². The van der Waals surface area contributed by atoms with Gasteiger partial charge in [-0.25, -0.2) is 0 Å². The molecule has 1 aromatic carbocycles. The summed E-state index contributed by atoms with van der Waals surface area (Å²) in [6.07, 6.45) is -0.911. The summed E-state index contributed by atoms with van der Waals surface area (Å²) >= 11 is 0. The Morgan fingerprint density at radius 1 is 1.36 bits per heavy atom. The second-order valence-electron chi connectivity index (χ2n) is 8.04. The highest BCUT2D eigenvalue weighted by molar-refractivity contribution is 5.86. The van der Waals surface area contributed by atoms with Gasteiger partial charge in [0.1, 0.15) is 5.54 Å². The molecular weight excluding hydrogens is 318 g/mol. The average molecular weight is 349 g/mol. The van der Waals surface area contributed by atoms with Crippen LogP contribution in [0.2, 0.25) is 0 Å². The van der Waals surface area contributed by atoms with Crippen molar-refractivity contribution in [1.29, 1.82) is 0 Å². The third-order valence-corrected chi connectivity index (χ3v) is 5.22. The number of carbonyl (C=O) groups excluding carboxylic acids is 1. The van der Waals surface area contributed by atoms with Crippen molar-refractivity contribution in [2.45, 2.75) is 69.4 Å². The number of benzene rings is 1. The van der Waals surface area contributed by atoms with Crippen LogP contribution in [0.15, 0.2) is 30.3 Å². The van der Waals surface area contributed by atoms with Crippen molar-refractivity contribution in [3.8, 4) is 0 Å². The molecule has 2 rings (SSSR count). The minimum atomic E-state index is -1.30. The summed E-state index contributed by atoms with van der Waals surface area (Å²) in [5.41, 5.74) is 11.3. The van der Waals surface area contributed by atoms with Crippen LogP contribution in [0.3, 0.4) is 0 Å². The van der Waals surface area contributed by atoms with Crippen LogP contribution in [0.5, 0.6) is 0 Å². The number of hydrogen-bond donors (Lipinski definition) is 4. The van der Waals surface area contributed by atoms with Gasteiger partial charge in [-0.2, -0.15) is 0 Å². The van der Waals surface area contributed by atoms with Gasteiger partial charge < -0.3 is 21.7 Å². The normalized spacial score (nSPS) is 27.2. The first kappa shape index (κ1) is 19.8. The summed E-state index contributed by atoms with van der Waals surface area (Å²) < 4.78 is 0. The number of aliphatic hydroxyl groups excluding tert-OH is 2. The van der Waals surface area contributed by atoms with E-state index in [0.717, 1.165) is 5.56 Å². The fraction of sp³-hybridized carbons (Fsp3) is 0.632. The molecule has 1 heterocycles. The summed E-state index contributed by atoms with van der Waals surface area (Å²) in [6.45, 7) is 6.46. The lowest BCUT2D eigenvalue weighted by Crippen LogP contribution is -2.66. The van der Waals surface area contributed by atoms with Crippen LogP contribution in [0.4, 0.5) is 0 Å². The number of rotatable bonds is 6. The number of aliphatic hydroxyl groups is 2. The molecule has 1 fully saturated rings. The summed E-state index contributed by atoms with van der Waals surface area (Å²) in [4.78, 5) is 14.3. The molecule has 0 radical (unpaired) electrons.